The van der Waals surface area contributed by atoms with E-state index in [4.69, 9.17) is 0 Å². The fourth-order valence-electron chi connectivity index (χ4n) is 1.87. The minimum absolute atomic E-state index is 1.06. The van der Waals surface area contributed by atoms with Crippen LogP contribution >= 0.6 is 22.7 Å². The number of hydrogen-bond acceptors (Lipinski definition) is 4. The second kappa shape index (κ2) is 7.64. The molecule has 0 radical (unpaired) electrons. The maximum absolute atomic E-state index is 4.23. The Morgan fingerprint density at radius 1 is 0.545 bits per heavy atom. The fraction of sp³-hybridized carbons (Fsp3) is 0. The lowest BCUT2D eigenvalue weighted by atomic mass is 10.3. The summed E-state index contributed by atoms with van der Waals surface area (Å²) in [5.74, 6) is 0. The summed E-state index contributed by atoms with van der Waals surface area (Å²) in [6.45, 7) is 0. The van der Waals surface area contributed by atoms with Crippen LogP contribution in [0.4, 0.5) is 0 Å². The highest BCUT2D eigenvalue weighted by molar-refractivity contribution is 7.13. The average molecular weight is 322 g/mol. The van der Waals surface area contributed by atoms with E-state index in [0.29, 0.717) is 0 Å². The van der Waals surface area contributed by atoms with E-state index >= 15 is 0 Å². The molecule has 0 N–H and O–H groups in total. The van der Waals surface area contributed by atoms with E-state index in [-0.39, 0.29) is 0 Å². The predicted octanol–water partition coefficient (Wildman–Crippen LogP) is 5.62. The minimum atomic E-state index is 1.06. The Morgan fingerprint density at radius 2 is 1.05 bits per heavy atom. The van der Waals surface area contributed by atoms with Crippen LogP contribution in [0.5, 0.6) is 0 Å². The Labute approximate surface area is 137 Å². The molecule has 0 saturated carbocycles. The van der Waals surface area contributed by atoms with Crippen LogP contribution in [0, 0.1) is 0 Å². The Morgan fingerprint density at radius 3 is 1.36 bits per heavy atom. The standard InChI is InChI=1S/2C9H7NS/c2*1-2-6-10-8(4-1)9-5-3-7-11-9/h2*1-7H. The molecule has 4 aromatic rings. The first kappa shape index (κ1) is 14.6. The molecule has 4 heteroatoms. The molecule has 0 aliphatic carbocycles. The Balaban J connectivity index is 0.000000131. The van der Waals surface area contributed by atoms with Gasteiger partial charge in [0.25, 0.3) is 0 Å². The van der Waals surface area contributed by atoms with Gasteiger partial charge >= 0.3 is 0 Å². The van der Waals surface area contributed by atoms with E-state index in [1.165, 1.54) is 9.75 Å². The lowest BCUT2D eigenvalue weighted by Gasteiger charge is -1.92. The maximum Gasteiger partial charge on any atom is 0.0801 e. The quantitative estimate of drug-likeness (QED) is 0.478. The molecule has 108 valence electrons. The SMILES string of the molecule is c1ccc(-c2cccs2)nc1.c1ccc(-c2cccs2)nc1. The van der Waals surface area contributed by atoms with Gasteiger partial charge in [0.2, 0.25) is 0 Å². The summed E-state index contributed by atoms with van der Waals surface area (Å²) >= 11 is 3.43. The van der Waals surface area contributed by atoms with Crippen LogP contribution in [0.2, 0.25) is 0 Å². The lowest BCUT2D eigenvalue weighted by Crippen LogP contribution is -1.75. The molecule has 0 amide bonds. The van der Waals surface area contributed by atoms with Gasteiger partial charge in [-0.3, -0.25) is 9.97 Å². The molecule has 0 aromatic carbocycles. The van der Waals surface area contributed by atoms with Gasteiger partial charge in [-0.05, 0) is 47.2 Å². The molecule has 0 aliphatic rings. The van der Waals surface area contributed by atoms with E-state index in [9.17, 15) is 0 Å². The molecular formula is C18H14N2S2. The van der Waals surface area contributed by atoms with E-state index in [0.717, 1.165) is 11.4 Å². The zero-order valence-electron chi connectivity index (χ0n) is 11.8. The maximum atomic E-state index is 4.23. The Kier molecular flexibility index (Phi) is 5.08. The number of hydrogen-bond donors (Lipinski definition) is 0. The van der Waals surface area contributed by atoms with Gasteiger partial charge in [0, 0.05) is 12.4 Å². The van der Waals surface area contributed by atoms with Gasteiger partial charge < -0.3 is 0 Å². The van der Waals surface area contributed by atoms with Crippen LogP contribution in [-0.4, -0.2) is 9.97 Å². The smallest absolute Gasteiger partial charge is 0.0801 e. The van der Waals surface area contributed by atoms with Crippen molar-refractivity contribution in [2.45, 2.75) is 0 Å². The molecule has 0 fully saturated rings. The second-order valence-electron chi connectivity index (χ2n) is 4.38. The van der Waals surface area contributed by atoms with Gasteiger partial charge in [-0.15, -0.1) is 22.7 Å². The predicted molar refractivity (Wildman–Crippen MR) is 95.1 cm³/mol. The van der Waals surface area contributed by atoms with Gasteiger partial charge in [-0.2, -0.15) is 0 Å². The first-order chi connectivity index (χ1) is 10.9. The summed E-state index contributed by atoms with van der Waals surface area (Å²) in [6.07, 6.45) is 3.63. The molecule has 22 heavy (non-hydrogen) atoms. The summed E-state index contributed by atoms with van der Waals surface area (Å²) in [6, 6.07) is 20.1. The average Bonchev–Trinajstić information content (AvgIpc) is 3.31. The topological polar surface area (TPSA) is 25.8 Å². The van der Waals surface area contributed by atoms with Crippen molar-refractivity contribution in [1.29, 1.82) is 0 Å². The molecule has 0 aliphatic heterocycles. The van der Waals surface area contributed by atoms with E-state index < -0.39 is 0 Å². The van der Waals surface area contributed by atoms with Crippen molar-refractivity contribution in [3.63, 3.8) is 0 Å². The van der Waals surface area contributed by atoms with Gasteiger partial charge in [-0.25, -0.2) is 0 Å². The van der Waals surface area contributed by atoms with E-state index in [1.807, 2.05) is 60.9 Å². The van der Waals surface area contributed by atoms with Crippen LogP contribution in [-0.2, 0) is 0 Å². The van der Waals surface area contributed by atoms with Crippen molar-refractivity contribution in [2.75, 3.05) is 0 Å². The Hall–Kier alpha value is -2.30. The van der Waals surface area contributed by atoms with E-state index in [1.54, 1.807) is 22.7 Å². The summed E-state index contributed by atoms with van der Waals surface area (Å²) < 4.78 is 0. The van der Waals surface area contributed by atoms with Gasteiger partial charge in [-0.1, -0.05) is 24.3 Å². The number of nitrogens with zero attached hydrogens (tertiary/aromatic N) is 2. The van der Waals surface area contributed by atoms with Crippen LogP contribution < -0.4 is 0 Å². The van der Waals surface area contributed by atoms with Crippen molar-refractivity contribution in [3.05, 3.63) is 83.8 Å². The summed E-state index contributed by atoms with van der Waals surface area (Å²) in [4.78, 5) is 10.9. The zero-order valence-corrected chi connectivity index (χ0v) is 13.4. The lowest BCUT2D eigenvalue weighted by molar-refractivity contribution is 1.34. The molecule has 0 bridgehead atoms. The number of thiophene rings is 2. The molecule has 4 aromatic heterocycles. The van der Waals surface area contributed by atoms with Gasteiger partial charge in [0.15, 0.2) is 0 Å². The fourth-order valence-corrected chi connectivity index (χ4v) is 3.27. The van der Waals surface area contributed by atoms with Crippen LogP contribution in [0.15, 0.2) is 83.8 Å². The molecule has 0 atom stereocenters. The Bertz CT molecular complexity index is 695. The van der Waals surface area contributed by atoms with Crippen LogP contribution in [0.1, 0.15) is 0 Å². The minimum Gasteiger partial charge on any atom is -0.255 e. The monoisotopic (exact) mass is 322 g/mol. The summed E-state index contributed by atoms with van der Waals surface area (Å²) in [7, 11) is 0. The first-order valence-corrected chi connectivity index (χ1v) is 8.59. The molecule has 0 saturated heterocycles. The van der Waals surface area contributed by atoms with Crippen molar-refractivity contribution < 1.29 is 0 Å². The highest BCUT2D eigenvalue weighted by atomic mass is 32.1. The highest BCUT2D eigenvalue weighted by Crippen LogP contribution is 2.22. The van der Waals surface area contributed by atoms with Gasteiger partial charge in [0.05, 0.1) is 21.1 Å². The third kappa shape index (κ3) is 3.87. The largest absolute Gasteiger partial charge is 0.255 e. The second-order valence-corrected chi connectivity index (χ2v) is 6.28. The van der Waals surface area contributed by atoms with Crippen molar-refractivity contribution >= 4 is 22.7 Å². The molecule has 0 unspecified atom stereocenters. The third-order valence-electron chi connectivity index (χ3n) is 2.88. The summed E-state index contributed by atoms with van der Waals surface area (Å²) in [5.41, 5.74) is 2.12. The normalized spacial score (nSPS) is 9.82. The molecule has 2 nitrogen and oxygen atoms in total. The number of pyridine rings is 2. The van der Waals surface area contributed by atoms with Crippen LogP contribution in [0.3, 0.4) is 0 Å². The molecule has 4 heterocycles. The number of rotatable bonds is 2. The van der Waals surface area contributed by atoms with Crippen molar-refractivity contribution in [1.82, 2.24) is 9.97 Å². The molecule has 0 spiro atoms. The highest BCUT2D eigenvalue weighted by Gasteiger charge is 1.96. The molecule has 4 rings (SSSR count). The summed E-state index contributed by atoms with van der Waals surface area (Å²) in [5, 5.41) is 4.12. The first-order valence-electron chi connectivity index (χ1n) is 6.83. The van der Waals surface area contributed by atoms with Crippen LogP contribution in [0.25, 0.3) is 21.1 Å². The third-order valence-corrected chi connectivity index (χ3v) is 4.66. The zero-order chi connectivity index (χ0) is 15.0. The van der Waals surface area contributed by atoms with Crippen molar-refractivity contribution in [3.8, 4) is 21.1 Å². The van der Waals surface area contributed by atoms with Gasteiger partial charge in [0.1, 0.15) is 0 Å². The van der Waals surface area contributed by atoms with E-state index in [2.05, 4.69) is 32.9 Å². The molecular weight excluding hydrogens is 308 g/mol. The number of aromatic nitrogens is 2. The van der Waals surface area contributed by atoms with Crippen molar-refractivity contribution in [2.24, 2.45) is 0 Å².